The summed E-state index contributed by atoms with van der Waals surface area (Å²) in [6, 6.07) is 0.820. The molecule has 3 N–H and O–H groups in total. The van der Waals surface area contributed by atoms with E-state index in [2.05, 4.69) is 20.1 Å². The van der Waals surface area contributed by atoms with Crippen molar-refractivity contribution < 1.29 is 13.2 Å². The Morgan fingerprint density at radius 1 is 1.37 bits per heavy atom. The van der Waals surface area contributed by atoms with Crippen molar-refractivity contribution in [2.24, 2.45) is 12.9 Å². The van der Waals surface area contributed by atoms with Gasteiger partial charge in [0.1, 0.15) is 11.4 Å². The van der Waals surface area contributed by atoms with Crippen LogP contribution in [0.5, 0.6) is 0 Å². The van der Waals surface area contributed by atoms with E-state index >= 15 is 0 Å². The molecule has 0 saturated carbocycles. The summed E-state index contributed by atoms with van der Waals surface area (Å²) in [5, 5.41) is 4.26. The Kier molecular flexibility index (Phi) is 3.57. The Labute approximate surface area is 109 Å². The summed E-state index contributed by atoms with van der Waals surface area (Å²) in [5.74, 6) is 4.73. The van der Waals surface area contributed by atoms with Gasteiger partial charge in [-0.2, -0.15) is 18.3 Å². The first-order valence-corrected chi connectivity index (χ1v) is 5.66. The predicted molar refractivity (Wildman–Crippen MR) is 60.0 cm³/mol. The van der Waals surface area contributed by atoms with Crippen molar-refractivity contribution in [2.75, 3.05) is 5.43 Å². The first-order valence-electron chi connectivity index (χ1n) is 4.85. The second-order valence-corrected chi connectivity index (χ2v) is 4.31. The highest BCUT2D eigenvalue weighted by Crippen LogP contribution is 2.32. The number of alkyl halides is 3. The molecule has 0 saturated heterocycles. The van der Waals surface area contributed by atoms with Crippen LogP contribution >= 0.6 is 11.8 Å². The van der Waals surface area contributed by atoms with Crippen molar-refractivity contribution in [1.82, 2.24) is 24.7 Å². The number of hydrogen-bond acceptors (Lipinski definition) is 7. The maximum absolute atomic E-state index is 12.6. The summed E-state index contributed by atoms with van der Waals surface area (Å²) in [6.07, 6.45) is -3.29. The first kappa shape index (κ1) is 13.5. The van der Waals surface area contributed by atoms with Crippen molar-refractivity contribution >= 4 is 17.7 Å². The molecule has 2 aromatic heterocycles. The average Bonchev–Trinajstić information content (AvgIpc) is 2.73. The van der Waals surface area contributed by atoms with Crippen LogP contribution < -0.4 is 11.3 Å². The van der Waals surface area contributed by atoms with Crippen LogP contribution in [0.15, 0.2) is 22.6 Å². The highest BCUT2D eigenvalue weighted by molar-refractivity contribution is 7.99. The summed E-state index contributed by atoms with van der Waals surface area (Å²) in [6.45, 7) is 0. The van der Waals surface area contributed by atoms with Crippen LogP contribution in [0.4, 0.5) is 19.1 Å². The van der Waals surface area contributed by atoms with Gasteiger partial charge in [0.05, 0.1) is 0 Å². The largest absolute Gasteiger partial charge is 0.433 e. The first-order chi connectivity index (χ1) is 8.90. The number of nitrogens with zero attached hydrogens (tertiary/aromatic N) is 5. The lowest BCUT2D eigenvalue weighted by Gasteiger charge is -2.09. The van der Waals surface area contributed by atoms with Gasteiger partial charge in [0.15, 0.2) is 10.9 Å². The number of halogens is 3. The van der Waals surface area contributed by atoms with Crippen LogP contribution in [0.3, 0.4) is 0 Å². The molecule has 11 heteroatoms. The van der Waals surface area contributed by atoms with Gasteiger partial charge in [-0.05, 0) is 11.8 Å². The number of nitrogens with one attached hydrogen (secondary N) is 1. The molecule has 2 rings (SSSR count). The molecule has 0 aliphatic rings. The van der Waals surface area contributed by atoms with E-state index in [-0.39, 0.29) is 11.0 Å². The van der Waals surface area contributed by atoms with Gasteiger partial charge in [0.2, 0.25) is 5.95 Å². The SMILES string of the molecule is Cn1ncnc1Sc1cc(C(F)(F)F)nc(NN)n1. The smallest absolute Gasteiger partial charge is 0.292 e. The molecular formula is C8H8F3N7S. The van der Waals surface area contributed by atoms with E-state index in [4.69, 9.17) is 5.84 Å². The molecule has 0 fully saturated rings. The average molecular weight is 291 g/mol. The number of anilines is 1. The zero-order valence-corrected chi connectivity index (χ0v) is 10.3. The lowest BCUT2D eigenvalue weighted by Crippen LogP contribution is -2.15. The normalized spacial score (nSPS) is 11.6. The third-order valence-electron chi connectivity index (χ3n) is 1.99. The van der Waals surface area contributed by atoms with Gasteiger partial charge in [-0.25, -0.2) is 25.5 Å². The molecule has 102 valence electrons. The third kappa shape index (κ3) is 3.12. The van der Waals surface area contributed by atoms with E-state index in [0.29, 0.717) is 5.16 Å². The second-order valence-electron chi connectivity index (χ2n) is 3.33. The molecule has 19 heavy (non-hydrogen) atoms. The van der Waals surface area contributed by atoms with E-state index in [9.17, 15) is 13.2 Å². The number of aromatic nitrogens is 5. The number of nitrogen functional groups attached to an aromatic ring is 1. The number of hydrogen-bond donors (Lipinski definition) is 2. The van der Waals surface area contributed by atoms with Crippen molar-refractivity contribution in [3.63, 3.8) is 0 Å². The van der Waals surface area contributed by atoms with Gasteiger partial charge >= 0.3 is 6.18 Å². The number of nitrogens with two attached hydrogens (primary N) is 1. The molecular weight excluding hydrogens is 283 g/mol. The van der Waals surface area contributed by atoms with E-state index in [1.54, 1.807) is 7.05 Å². The molecule has 0 bridgehead atoms. The number of hydrazine groups is 1. The summed E-state index contributed by atoms with van der Waals surface area (Å²) >= 11 is 0.923. The van der Waals surface area contributed by atoms with Gasteiger partial charge in [0.25, 0.3) is 0 Å². The van der Waals surface area contributed by atoms with Crippen LogP contribution in [0.2, 0.25) is 0 Å². The maximum Gasteiger partial charge on any atom is 0.433 e. The van der Waals surface area contributed by atoms with Gasteiger partial charge in [-0.1, -0.05) is 0 Å². The molecule has 0 amide bonds. The summed E-state index contributed by atoms with van der Waals surface area (Å²) in [7, 11) is 1.61. The monoisotopic (exact) mass is 291 g/mol. The maximum atomic E-state index is 12.6. The molecule has 0 spiro atoms. The fourth-order valence-corrected chi connectivity index (χ4v) is 1.93. The van der Waals surface area contributed by atoms with Crippen LogP contribution in [0.1, 0.15) is 5.69 Å². The minimum atomic E-state index is -4.58. The molecule has 0 aromatic carbocycles. The van der Waals surface area contributed by atoms with Crippen molar-refractivity contribution in [3.05, 3.63) is 18.1 Å². The minimum Gasteiger partial charge on any atom is -0.292 e. The highest BCUT2D eigenvalue weighted by atomic mass is 32.2. The Hall–Kier alpha value is -1.88. The summed E-state index contributed by atoms with van der Waals surface area (Å²) in [4.78, 5) is 10.9. The van der Waals surface area contributed by atoms with Crippen LogP contribution in [0.25, 0.3) is 0 Å². The number of aryl methyl sites for hydroxylation is 1. The Balaban J connectivity index is 2.37. The van der Waals surface area contributed by atoms with Gasteiger partial charge in [-0.15, -0.1) is 0 Å². The van der Waals surface area contributed by atoms with Crippen molar-refractivity contribution in [3.8, 4) is 0 Å². The molecule has 0 radical (unpaired) electrons. The topological polar surface area (TPSA) is 94.5 Å². The Morgan fingerprint density at radius 3 is 2.63 bits per heavy atom. The van der Waals surface area contributed by atoms with Crippen molar-refractivity contribution in [1.29, 1.82) is 0 Å². The lowest BCUT2D eigenvalue weighted by atomic mass is 10.4. The lowest BCUT2D eigenvalue weighted by molar-refractivity contribution is -0.141. The van der Waals surface area contributed by atoms with Gasteiger partial charge in [-0.3, -0.25) is 5.43 Å². The van der Waals surface area contributed by atoms with Crippen LogP contribution in [-0.4, -0.2) is 24.7 Å². The summed E-state index contributed by atoms with van der Waals surface area (Å²) in [5.41, 5.74) is 0.912. The Morgan fingerprint density at radius 2 is 2.11 bits per heavy atom. The molecule has 0 aliphatic heterocycles. The fourth-order valence-electron chi connectivity index (χ4n) is 1.16. The van der Waals surface area contributed by atoms with Gasteiger partial charge < -0.3 is 0 Å². The summed E-state index contributed by atoms with van der Waals surface area (Å²) < 4.78 is 39.3. The van der Waals surface area contributed by atoms with E-state index in [0.717, 1.165) is 17.8 Å². The molecule has 7 nitrogen and oxygen atoms in total. The number of rotatable bonds is 3. The standard InChI is InChI=1S/C8H8F3N7S/c1-18-7(13-3-14-18)19-5-2-4(8(9,10)11)15-6(16-5)17-12/h2-3H,12H2,1H3,(H,15,16,17). The van der Waals surface area contributed by atoms with Gasteiger partial charge in [0, 0.05) is 13.1 Å². The molecule has 0 atom stereocenters. The third-order valence-corrected chi connectivity index (χ3v) is 2.96. The second kappa shape index (κ2) is 5.01. The molecule has 2 aromatic rings. The Bertz CT molecular complexity index is 582. The predicted octanol–water partition coefficient (Wildman–Crippen LogP) is 1.06. The van der Waals surface area contributed by atoms with E-state index in [1.165, 1.54) is 11.0 Å². The van der Waals surface area contributed by atoms with Crippen molar-refractivity contribution in [2.45, 2.75) is 16.4 Å². The minimum absolute atomic E-state index is 0.0615. The van der Waals surface area contributed by atoms with Crippen LogP contribution in [0, 0.1) is 0 Å². The zero-order valence-electron chi connectivity index (χ0n) is 9.51. The molecule has 0 aliphatic carbocycles. The zero-order chi connectivity index (χ0) is 14.0. The van der Waals surface area contributed by atoms with E-state index in [1.807, 2.05) is 5.43 Å². The van der Waals surface area contributed by atoms with Crippen LogP contribution in [-0.2, 0) is 13.2 Å². The van der Waals surface area contributed by atoms with E-state index < -0.39 is 11.9 Å². The molecule has 0 unspecified atom stereocenters. The fraction of sp³-hybridized carbons (Fsp3) is 0.250. The highest BCUT2D eigenvalue weighted by Gasteiger charge is 2.33. The quantitative estimate of drug-likeness (QED) is 0.496. The molecule has 2 heterocycles.